The molecule has 2 rings (SSSR count). The van der Waals surface area contributed by atoms with Crippen LogP contribution in [0, 0.1) is 0 Å². The molecule has 2 N–H and O–H groups in total. The van der Waals surface area contributed by atoms with E-state index in [4.69, 9.17) is 0 Å². The number of alkyl halides is 3. The van der Waals surface area contributed by atoms with E-state index in [0.29, 0.717) is 12.5 Å². The highest BCUT2D eigenvalue weighted by Crippen LogP contribution is 2.28. The van der Waals surface area contributed by atoms with Crippen LogP contribution in [0.4, 0.5) is 13.2 Å². The van der Waals surface area contributed by atoms with Crippen molar-refractivity contribution in [2.24, 2.45) is 4.99 Å². The fourth-order valence-corrected chi connectivity index (χ4v) is 2.19. The summed E-state index contributed by atoms with van der Waals surface area (Å²) in [6.07, 6.45) is -3.44. The Morgan fingerprint density at radius 2 is 1.56 bits per heavy atom. The molecule has 136 valence electrons. The van der Waals surface area contributed by atoms with Gasteiger partial charge in [-0.25, -0.2) is 0 Å². The van der Waals surface area contributed by atoms with Crippen molar-refractivity contribution in [2.75, 3.05) is 13.6 Å². The van der Waals surface area contributed by atoms with Crippen molar-refractivity contribution in [1.29, 1.82) is 0 Å². The maximum Gasteiger partial charge on any atom is 0.416 e. The Kier molecular flexibility index (Phi) is 8.74. The second-order valence-electron chi connectivity index (χ2n) is 5.28. The summed E-state index contributed by atoms with van der Waals surface area (Å²) in [6.45, 7) is 1.12. The predicted octanol–water partition coefficient (Wildman–Crippen LogP) is 4.23. The van der Waals surface area contributed by atoms with Crippen molar-refractivity contribution >= 4 is 29.9 Å². The highest BCUT2D eigenvalue weighted by molar-refractivity contribution is 14.0. The number of hydrogen-bond donors (Lipinski definition) is 2. The van der Waals surface area contributed by atoms with Crippen LogP contribution in [0.5, 0.6) is 0 Å². The molecule has 0 atom stereocenters. The first kappa shape index (κ1) is 21.3. The number of halogens is 4. The van der Waals surface area contributed by atoms with E-state index in [-0.39, 0.29) is 24.0 Å². The molecule has 0 radical (unpaired) electrons. The standard InChI is InChI=1S/C18H20F3N3.HI/c1-22-17(23-12-11-14-5-3-2-4-6-14)24-13-15-7-9-16(10-8-15)18(19,20)21;/h2-10H,11-13H2,1H3,(H2,22,23,24);1H. The van der Waals surface area contributed by atoms with Gasteiger partial charge in [-0.2, -0.15) is 13.2 Å². The third kappa shape index (κ3) is 7.33. The van der Waals surface area contributed by atoms with Gasteiger partial charge in [-0.05, 0) is 29.7 Å². The summed E-state index contributed by atoms with van der Waals surface area (Å²) in [6, 6.07) is 15.2. The van der Waals surface area contributed by atoms with Gasteiger partial charge in [-0.1, -0.05) is 42.5 Å². The number of benzene rings is 2. The quantitative estimate of drug-likeness (QED) is 0.396. The van der Waals surface area contributed by atoms with Gasteiger partial charge in [-0.3, -0.25) is 4.99 Å². The van der Waals surface area contributed by atoms with Crippen LogP contribution in [-0.2, 0) is 19.1 Å². The van der Waals surface area contributed by atoms with Gasteiger partial charge in [0.15, 0.2) is 5.96 Å². The molecule has 25 heavy (non-hydrogen) atoms. The molecule has 0 amide bonds. The normalized spacial score (nSPS) is 11.6. The van der Waals surface area contributed by atoms with E-state index in [1.54, 1.807) is 7.05 Å². The van der Waals surface area contributed by atoms with Gasteiger partial charge in [0.1, 0.15) is 0 Å². The summed E-state index contributed by atoms with van der Waals surface area (Å²) in [7, 11) is 1.66. The lowest BCUT2D eigenvalue weighted by molar-refractivity contribution is -0.137. The third-order valence-electron chi connectivity index (χ3n) is 3.51. The van der Waals surface area contributed by atoms with Crippen molar-refractivity contribution in [2.45, 2.75) is 19.1 Å². The minimum Gasteiger partial charge on any atom is -0.356 e. The number of nitrogens with one attached hydrogen (secondary N) is 2. The van der Waals surface area contributed by atoms with E-state index in [0.717, 1.165) is 30.7 Å². The van der Waals surface area contributed by atoms with Gasteiger partial charge in [-0.15, -0.1) is 24.0 Å². The molecule has 0 aromatic heterocycles. The minimum atomic E-state index is -4.30. The summed E-state index contributed by atoms with van der Waals surface area (Å²) in [4.78, 5) is 4.11. The molecule has 0 heterocycles. The molecule has 0 bridgehead atoms. The molecule has 0 saturated heterocycles. The Morgan fingerprint density at radius 1 is 0.920 bits per heavy atom. The first-order valence-corrected chi connectivity index (χ1v) is 7.63. The lowest BCUT2D eigenvalue weighted by Crippen LogP contribution is -2.37. The van der Waals surface area contributed by atoms with Crippen LogP contribution < -0.4 is 10.6 Å². The molecule has 0 saturated carbocycles. The third-order valence-corrected chi connectivity index (χ3v) is 3.51. The maximum atomic E-state index is 12.5. The number of hydrogen-bond acceptors (Lipinski definition) is 1. The van der Waals surface area contributed by atoms with Crippen molar-refractivity contribution in [3.05, 3.63) is 71.3 Å². The predicted molar refractivity (Wildman–Crippen MR) is 105 cm³/mol. The second-order valence-corrected chi connectivity index (χ2v) is 5.28. The fraction of sp³-hybridized carbons (Fsp3) is 0.278. The minimum absolute atomic E-state index is 0. The Hall–Kier alpha value is -1.77. The lowest BCUT2D eigenvalue weighted by atomic mass is 10.1. The summed E-state index contributed by atoms with van der Waals surface area (Å²) in [5.74, 6) is 0.617. The smallest absolute Gasteiger partial charge is 0.356 e. The largest absolute Gasteiger partial charge is 0.416 e. The summed E-state index contributed by atoms with van der Waals surface area (Å²) in [5.41, 5.74) is 1.34. The number of nitrogens with zero attached hydrogens (tertiary/aromatic N) is 1. The van der Waals surface area contributed by atoms with Crippen molar-refractivity contribution in [3.63, 3.8) is 0 Å². The van der Waals surface area contributed by atoms with E-state index < -0.39 is 11.7 Å². The molecular weight excluding hydrogens is 442 g/mol. The molecule has 0 spiro atoms. The van der Waals surface area contributed by atoms with Crippen LogP contribution in [0.15, 0.2) is 59.6 Å². The van der Waals surface area contributed by atoms with Gasteiger partial charge >= 0.3 is 6.18 Å². The highest BCUT2D eigenvalue weighted by Gasteiger charge is 2.29. The van der Waals surface area contributed by atoms with E-state index >= 15 is 0 Å². The van der Waals surface area contributed by atoms with Crippen LogP contribution in [0.1, 0.15) is 16.7 Å². The Labute approximate surface area is 162 Å². The van der Waals surface area contributed by atoms with Crippen LogP contribution in [0.3, 0.4) is 0 Å². The fourth-order valence-electron chi connectivity index (χ4n) is 2.19. The highest BCUT2D eigenvalue weighted by atomic mass is 127. The van der Waals surface area contributed by atoms with Gasteiger partial charge in [0.2, 0.25) is 0 Å². The lowest BCUT2D eigenvalue weighted by Gasteiger charge is -2.12. The van der Waals surface area contributed by atoms with E-state index in [1.807, 2.05) is 18.2 Å². The summed E-state index contributed by atoms with van der Waals surface area (Å²) in [5, 5.41) is 6.27. The molecular formula is C18H21F3IN3. The molecule has 0 aliphatic heterocycles. The molecule has 7 heteroatoms. The Bertz CT molecular complexity index is 656. The van der Waals surface area contributed by atoms with Crippen LogP contribution in [0.2, 0.25) is 0 Å². The molecule has 0 fully saturated rings. The molecule has 3 nitrogen and oxygen atoms in total. The topological polar surface area (TPSA) is 36.4 Å². The van der Waals surface area contributed by atoms with Crippen LogP contribution >= 0.6 is 24.0 Å². The van der Waals surface area contributed by atoms with E-state index in [2.05, 4.69) is 27.8 Å². The van der Waals surface area contributed by atoms with Gasteiger partial charge < -0.3 is 10.6 Å². The summed E-state index contributed by atoms with van der Waals surface area (Å²) >= 11 is 0. The molecule has 2 aromatic rings. The number of guanidine groups is 1. The average molecular weight is 463 g/mol. The van der Waals surface area contributed by atoms with Crippen LogP contribution in [-0.4, -0.2) is 19.6 Å². The Morgan fingerprint density at radius 3 is 2.12 bits per heavy atom. The van der Waals surface area contributed by atoms with Crippen LogP contribution in [0.25, 0.3) is 0 Å². The maximum absolute atomic E-state index is 12.5. The van der Waals surface area contributed by atoms with Crippen molar-refractivity contribution in [3.8, 4) is 0 Å². The first-order chi connectivity index (χ1) is 11.5. The number of aliphatic imine (C=N–C) groups is 1. The van der Waals surface area contributed by atoms with Gasteiger partial charge in [0.05, 0.1) is 5.56 Å². The van der Waals surface area contributed by atoms with Crippen molar-refractivity contribution in [1.82, 2.24) is 10.6 Å². The zero-order valence-corrected chi connectivity index (χ0v) is 16.1. The van der Waals surface area contributed by atoms with Crippen molar-refractivity contribution < 1.29 is 13.2 Å². The van der Waals surface area contributed by atoms with Gasteiger partial charge in [0.25, 0.3) is 0 Å². The zero-order chi connectivity index (χ0) is 17.4. The molecule has 0 aliphatic carbocycles. The molecule has 2 aromatic carbocycles. The second kappa shape index (κ2) is 10.3. The molecule has 0 unspecified atom stereocenters. The molecule has 0 aliphatic rings. The Balaban J connectivity index is 0.00000312. The summed E-state index contributed by atoms with van der Waals surface area (Å²) < 4.78 is 37.6. The number of rotatable bonds is 5. The van der Waals surface area contributed by atoms with Gasteiger partial charge in [0, 0.05) is 20.1 Å². The average Bonchev–Trinajstić information content (AvgIpc) is 2.58. The SMILES string of the molecule is CN=C(NCCc1ccccc1)NCc1ccc(C(F)(F)F)cc1.I. The monoisotopic (exact) mass is 463 g/mol. The van der Waals surface area contributed by atoms with E-state index in [1.165, 1.54) is 17.7 Å². The zero-order valence-electron chi connectivity index (χ0n) is 13.8. The first-order valence-electron chi connectivity index (χ1n) is 7.63. The van der Waals surface area contributed by atoms with E-state index in [9.17, 15) is 13.2 Å².